The quantitative estimate of drug-likeness (QED) is 0.799. The molecule has 0 spiro atoms. The first-order valence-electron chi connectivity index (χ1n) is 7.28. The standard InChI is InChI=1S/C17H20N4/c1-12-10-15-16(11-13(12)2)21(9-3-6-18)17(20-15)14-4-7-19-8-5-14/h4-5,7-8,10-11H,3,6,9,18H2,1-2H3. The number of rotatable bonds is 4. The topological polar surface area (TPSA) is 56.7 Å². The van der Waals surface area contributed by atoms with Gasteiger partial charge in [-0.2, -0.15) is 0 Å². The van der Waals surface area contributed by atoms with E-state index < -0.39 is 0 Å². The highest BCUT2D eigenvalue weighted by atomic mass is 15.1. The summed E-state index contributed by atoms with van der Waals surface area (Å²) in [6.45, 7) is 5.83. The fourth-order valence-electron chi connectivity index (χ4n) is 2.58. The van der Waals surface area contributed by atoms with Gasteiger partial charge in [0.15, 0.2) is 0 Å². The number of hydrogen-bond acceptors (Lipinski definition) is 3. The van der Waals surface area contributed by atoms with E-state index in [-0.39, 0.29) is 0 Å². The molecule has 3 rings (SSSR count). The number of pyridine rings is 1. The summed E-state index contributed by atoms with van der Waals surface area (Å²) in [5.41, 5.74) is 11.6. The Morgan fingerprint density at radius 2 is 1.81 bits per heavy atom. The first kappa shape index (κ1) is 13.8. The molecule has 4 nitrogen and oxygen atoms in total. The zero-order chi connectivity index (χ0) is 14.8. The molecule has 108 valence electrons. The monoisotopic (exact) mass is 280 g/mol. The second-order valence-corrected chi connectivity index (χ2v) is 5.39. The van der Waals surface area contributed by atoms with E-state index in [1.807, 2.05) is 12.1 Å². The molecule has 0 amide bonds. The zero-order valence-electron chi connectivity index (χ0n) is 12.5. The van der Waals surface area contributed by atoms with Crippen molar-refractivity contribution in [3.05, 3.63) is 47.8 Å². The summed E-state index contributed by atoms with van der Waals surface area (Å²) in [4.78, 5) is 8.92. The lowest BCUT2D eigenvalue weighted by atomic mass is 10.1. The van der Waals surface area contributed by atoms with Crippen molar-refractivity contribution < 1.29 is 0 Å². The maximum absolute atomic E-state index is 5.69. The van der Waals surface area contributed by atoms with Gasteiger partial charge in [-0.05, 0) is 62.2 Å². The first-order chi connectivity index (χ1) is 10.2. The van der Waals surface area contributed by atoms with Gasteiger partial charge in [-0.25, -0.2) is 4.98 Å². The van der Waals surface area contributed by atoms with Gasteiger partial charge in [0, 0.05) is 24.5 Å². The number of hydrogen-bond donors (Lipinski definition) is 1. The van der Waals surface area contributed by atoms with Crippen LogP contribution in [0.15, 0.2) is 36.7 Å². The third-order valence-electron chi connectivity index (χ3n) is 3.89. The van der Waals surface area contributed by atoms with Crippen molar-refractivity contribution in [2.45, 2.75) is 26.8 Å². The van der Waals surface area contributed by atoms with E-state index in [1.165, 1.54) is 16.6 Å². The smallest absolute Gasteiger partial charge is 0.141 e. The highest BCUT2D eigenvalue weighted by Gasteiger charge is 2.13. The number of nitrogens with zero attached hydrogens (tertiary/aromatic N) is 3. The van der Waals surface area contributed by atoms with Crippen molar-refractivity contribution in [2.75, 3.05) is 6.54 Å². The summed E-state index contributed by atoms with van der Waals surface area (Å²) in [6.07, 6.45) is 4.55. The van der Waals surface area contributed by atoms with Crippen LogP contribution in [0.3, 0.4) is 0 Å². The Kier molecular flexibility index (Phi) is 3.71. The number of aryl methyl sites for hydroxylation is 3. The second-order valence-electron chi connectivity index (χ2n) is 5.39. The van der Waals surface area contributed by atoms with Crippen molar-refractivity contribution in [1.29, 1.82) is 0 Å². The molecule has 2 aromatic heterocycles. The third kappa shape index (κ3) is 2.54. The highest BCUT2D eigenvalue weighted by Crippen LogP contribution is 2.26. The predicted octanol–water partition coefficient (Wildman–Crippen LogP) is 3.06. The molecule has 21 heavy (non-hydrogen) atoms. The van der Waals surface area contributed by atoms with Gasteiger partial charge in [0.05, 0.1) is 11.0 Å². The molecule has 0 aliphatic heterocycles. The van der Waals surface area contributed by atoms with Crippen LogP contribution in [0.25, 0.3) is 22.4 Å². The molecule has 0 saturated heterocycles. The predicted molar refractivity (Wildman–Crippen MR) is 86.1 cm³/mol. The molecular weight excluding hydrogens is 260 g/mol. The van der Waals surface area contributed by atoms with Crippen molar-refractivity contribution in [3.63, 3.8) is 0 Å². The molecule has 0 radical (unpaired) electrons. The first-order valence-corrected chi connectivity index (χ1v) is 7.28. The Labute approximate surface area is 124 Å². The Morgan fingerprint density at radius 3 is 2.52 bits per heavy atom. The maximum Gasteiger partial charge on any atom is 0.141 e. The highest BCUT2D eigenvalue weighted by molar-refractivity contribution is 5.82. The summed E-state index contributed by atoms with van der Waals surface area (Å²) in [7, 11) is 0. The van der Waals surface area contributed by atoms with Crippen LogP contribution in [0.5, 0.6) is 0 Å². The number of aromatic nitrogens is 3. The summed E-state index contributed by atoms with van der Waals surface area (Å²) in [5, 5.41) is 0. The Bertz CT molecular complexity index is 759. The number of benzene rings is 1. The van der Waals surface area contributed by atoms with Crippen LogP contribution in [0.2, 0.25) is 0 Å². The van der Waals surface area contributed by atoms with E-state index in [1.54, 1.807) is 12.4 Å². The molecule has 0 unspecified atom stereocenters. The van der Waals surface area contributed by atoms with Crippen LogP contribution in [-0.4, -0.2) is 21.1 Å². The summed E-state index contributed by atoms with van der Waals surface area (Å²) < 4.78 is 2.27. The largest absolute Gasteiger partial charge is 0.330 e. The minimum atomic E-state index is 0.681. The molecule has 0 aliphatic rings. The average Bonchev–Trinajstić information content (AvgIpc) is 2.84. The SMILES string of the molecule is Cc1cc2nc(-c3ccncc3)n(CCCN)c2cc1C. The lowest BCUT2D eigenvalue weighted by molar-refractivity contribution is 0.671. The average molecular weight is 280 g/mol. The third-order valence-corrected chi connectivity index (χ3v) is 3.89. The van der Waals surface area contributed by atoms with Gasteiger partial charge in [0.1, 0.15) is 5.82 Å². The summed E-state index contributed by atoms with van der Waals surface area (Å²) >= 11 is 0. The van der Waals surface area contributed by atoms with Gasteiger partial charge in [-0.15, -0.1) is 0 Å². The van der Waals surface area contributed by atoms with E-state index in [4.69, 9.17) is 10.7 Å². The molecular formula is C17H20N4. The van der Waals surface area contributed by atoms with E-state index in [9.17, 15) is 0 Å². The minimum absolute atomic E-state index is 0.681. The maximum atomic E-state index is 5.69. The van der Waals surface area contributed by atoms with E-state index in [0.717, 1.165) is 29.9 Å². The fraction of sp³-hybridized carbons (Fsp3) is 0.294. The lowest BCUT2D eigenvalue weighted by Gasteiger charge is -2.09. The van der Waals surface area contributed by atoms with Crippen LogP contribution < -0.4 is 5.73 Å². The van der Waals surface area contributed by atoms with Crippen LogP contribution >= 0.6 is 0 Å². The van der Waals surface area contributed by atoms with Crippen LogP contribution in [-0.2, 0) is 6.54 Å². The molecule has 1 aromatic carbocycles. The minimum Gasteiger partial charge on any atom is -0.330 e. The van der Waals surface area contributed by atoms with E-state index in [0.29, 0.717) is 6.54 Å². The van der Waals surface area contributed by atoms with Crippen LogP contribution in [0.1, 0.15) is 17.5 Å². The van der Waals surface area contributed by atoms with Gasteiger partial charge in [0.2, 0.25) is 0 Å². The van der Waals surface area contributed by atoms with Crippen molar-refractivity contribution in [1.82, 2.24) is 14.5 Å². The molecule has 3 aromatic rings. The molecule has 0 aliphatic carbocycles. The van der Waals surface area contributed by atoms with Gasteiger partial charge in [0.25, 0.3) is 0 Å². The fourth-order valence-corrected chi connectivity index (χ4v) is 2.58. The number of fused-ring (bicyclic) bond motifs is 1. The van der Waals surface area contributed by atoms with Gasteiger partial charge in [-0.1, -0.05) is 0 Å². The van der Waals surface area contributed by atoms with Crippen molar-refractivity contribution in [3.8, 4) is 11.4 Å². The van der Waals surface area contributed by atoms with Crippen molar-refractivity contribution >= 4 is 11.0 Å². The van der Waals surface area contributed by atoms with Gasteiger partial charge >= 0.3 is 0 Å². The number of nitrogens with two attached hydrogens (primary N) is 1. The summed E-state index contributed by atoms with van der Waals surface area (Å²) in [6, 6.07) is 8.38. The molecule has 2 N–H and O–H groups in total. The van der Waals surface area contributed by atoms with E-state index in [2.05, 4.69) is 35.5 Å². The van der Waals surface area contributed by atoms with Gasteiger partial charge in [-0.3, -0.25) is 4.98 Å². The second kappa shape index (κ2) is 5.66. The van der Waals surface area contributed by atoms with Crippen molar-refractivity contribution in [2.24, 2.45) is 5.73 Å². The molecule has 0 bridgehead atoms. The van der Waals surface area contributed by atoms with Crippen LogP contribution in [0, 0.1) is 13.8 Å². The molecule has 2 heterocycles. The Morgan fingerprint density at radius 1 is 1.10 bits per heavy atom. The summed E-state index contributed by atoms with van der Waals surface area (Å²) in [5.74, 6) is 0.992. The normalized spacial score (nSPS) is 11.2. The van der Waals surface area contributed by atoms with Crippen LogP contribution in [0.4, 0.5) is 0 Å². The number of imidazole rings is 1. The van der Waals surface area contributed by atoms with E-state index >= 15 is 0 Å². The zero-order valence-corrected chi connectivity index (χ0v) is 12.5. The molecule has 0 atom stereocenters. The van der Waals surface area contributed by atoms with Gasteiger partial charge < -0.3 is 10.3 Å². The Hall–Kier alpha value is -2.20. The molecule has 0 fully saturated rings. The Balaban J connectivity index is 2.22. The molecule has 4 heteroatoms. The molecule has 0 saturated carbocycles. The lowest BCUT2D eigenvalue weighted by Crippen LogP contribution is -2.07.